The summed E-state index contributed by atoms with van der Waals surface area (Å²) in [6, 6.07) is 10.7. The minimum atomic E-state index is -0.735. The second-order valence-electron chi connectivity index (χ2n) is 9.56. The summed E-state index contributed by atoms with van der Waals surface area (Å²) < 4.78 is 1.78. The lowest BCUT2D eigenvalue weighted by Crippen LogP contribution is -2.56. The Morgan fingerprint density at radius 2 is 1.89 bits per heavy atom. The molecule has 4 heterocycles. The Morgan fingerprint density at radius 3 is 2.67 bits per heavy atom. The Morgan fingerprint density at radius 1 is 1.08 bits per heavy atom. The van der Waals surface area contributed by atoms with E-state index in [-0.39, 0.29) is 11.8 Å². The van der Waals surface area contributed by atoms with Crippen LogP contribution in [0.3, 0.4) is 0 Å². The first-order valence-corrected chi connectivity index (χ1v) is 12.4. The van der Waals surface area contributed by atoms with Gasteiger partial charge >= 0.3 is 0 Å². The van der Waals surface area contributed by atoms with Crippen LogP contribution < -0.4 is 21.3 Å². The van der Waals surface area contributed by atoms with Crippen LogP contribution in [0.5, 0.6) is 0 Å². The predicted octanol–water partition coefficient (Wildman–Crippen LogP) is 0.727. The van der Waals surface area contributed by atoms with E-state index in [1.807, 2.05) is 41.4 Å². The summed E-state index contributed by atoms with van der Waals surface area (Å²) >= 11 is 0. The van der Waals surface area contributed by atoms with Gasteiger partial charge in [-0.05, 0) is 30.9 Å². The first kappa shape index (κ1) is 23.7. The van der Waals surface area contributed by atoms with Crippen LogP contribution in [-0.4, -0.2) is 62.5 Å². The maximum absolute atomic E-state index is 13.9. The number of aromatic nitrogens is 5. The van der Waals surface area contributed by atoms with Gasteiger partial charge in [0.25, 0.3) is 0 Å². The minimum Gasteiger partial charge on any atom is -0.384 e. The van der Waals surface area contributed by atoms with Crippen molar-refractivity contribution in [1.29, 1.82) is 0 Å². The smallest absolute Gasteiger partial charge is 0.242 e. The Kier molecular flexibility index (Phi) is 6.79. The summed E-state index contributed by atoms with van der Waals surface area (Å²) in [4.78, 5) is 37.8. The molecule has 1 atom stereocenters. The quantitative estimate of drug-likeness (QED) is 0.488. The lowest BCUT2D eigenvalue weighted by Gasteiger charge is -2.41. The molecular formula is C25H31N9O2. The van der Waals surface area contributed by atoms with E-state index < -0.39 is 11.5 Å². The summed E-state index contributed by atoms with van der Waals surface area (Å²) in [5.41, 5.74) is 6.88. The summed E-state index contributed by atoms with van der Waals surface area (Å²) in [5, 5.41) is 14.7. The molecule has 2 aromatic heterocycles. The van der Waals surface area contributed by atoms with Crippen molar-refractivity contribution in [2.75, 3.05) is 30.3 Å². The molecule has 0 aliphatic carbocycles. The highest BCUT2D eigenvalue weighted by Gasteiger charge is 2.44. The number of aryl methyl sites for hydroxylation is 1. The number of fused-ring (bicyclic) bond motifs is 2. The molecular weight excluding hydrogens is 458 g/mol. The molecule has 11 nitrogen and oxygen atoms in total. The van der Waals surface area contributed by atoms with Gasteiger partial charge in [-0.3, -0.25) is 14.3 Å². The van der Waals surface area contributed by atoms with Crippen LogP contribution in [0, 0.1) is 5.41 Å². The zero-order valence-electron chi connectivity index (χ0n) is 20.1. The number of anilines is 2. The average molecular weight is 490 g/mol. The number of amides is 2. The standard InChI is InChI=1S/C25H31N9O2/c26-21-7-11-28-24(30-21)33-13-8-25(9-14-33)16-19-17-34(32-31-19)12-4-10-27-22(35)20(29-23(25)36)15-18-5-2-1-3-6-18/h1-3,5-7,11,17,20H,4,8-10,12-16H2,(H,27,35)(H,29,36)(H2,26,28,30)/t20-/m0/s1. The Labute approximate surface area is 209 Å². The van der Waals surface area contributed by atoms with Crippen LogP contribution in [-0.2, 0) is 29.0 Å². The molecule has 1 saturated heterocycles. The van der Waals surface area contributed by atoms with Crippen molar-refractivity contribution in [3.05, 3.63) is 60.0 Å². The zero-order valence-corrected chi connectivity index (χ0v) is 20.1. The lowest BCUT2D eigenvalue weighted by molar-refractivity contribution is -0.136. The fourth-order valence-electron chi connectivity index (χ4n) is 4.95. The van der Waals surface area contributed by atoms with Gasteiger partial charge < -0.3 is 21.3 Å². The third kappa shape index (κ3) is 5.29. The van der Waals surface area contributed by atoms with Crippen molar-refractivity contribution in [2.24, 2.45) is 5.41 Å². The molecule has 2 aliphatic heterocycles. The van der Waals surface area contributed by atoms with E-state index in [1.54, 1.807) is 16.9 Å². The van der Waals surface area contributed by atoms with Crippen LogP contribution in [0.15, 0.2) is 48.8 Å². The number of piperidine rings is 1. The van der Waals surface area contributed by atoms with Gasteiger partial charge in [-0.15, -0.1) is 5.10 Å². The van der Waals surface area contributed by atoms with E-state index in [0.717, 1.165) is 17.7 Å². The Bertz CT molecular complexity index is 1210. The number of nitrogens with zero attached hydrogens (tertiary/aromatic N) is 6. The van der Waals surface area contributed by atoms with Crippen molar-refractivity contribution in [3.63, 3.8) is 0 Å². The number of carbonyl (C=O) groups excluding carboxylic acids is 2. The molecule has 1 fully saturated rings. The van der Waals surface area contributed by atoms with Crippen LogP contribution >= 0.6 is 0 Å². The van der Waals surface area contributed by atoms with Crippen LogP contribution in [0.1, 0.15) is 30.5 Å². The van der Waals surface area contributed by atoms with E-state index in [2.05, 4.69) is 30.9 Å². The van der Waals surface area contributed by atoms with Crippen molar-refractivity contribution < 1.29 is 9.59 Å². The van der Waals surface area contributed by atoms with Gasteiger partial charge in [-0.25, -0.2) is 4.98 Å². The van der Waals surface area contributed by atoms with E-state index in [0.29, 0.717) is 63.6 Å². The molecule has 188 valence electrons. The molecule has 1 spiro atoms. The minimum absolute atomic E-state index is 0.138. The topological polar surface area (TPSA) is 144 Å². The van der Waals surface area contributed by atoms with Gasteiger partial charge in [0.15, 0.2) is 0 Å². The average Bonchev–Trinajstić information content (AvgIpc) is 3.33. The summed E-state index contributed by atoms with van der Waals surface area (Å²) in [6.45, 7) is 2.31. The maximum atomic E-state index is 13.9. The molecule has 1 aromatic carbocycles. The molecule has 4 N–H and O–H groups in total. The molecule has 0 unspecified atom stereocenters. The summed E-state index contributed by atoms with van der Waals surface area (Å²) in [6.07, 6.45) is 6.26. The van der Waals surface area contributed by atoms with Crippen LogP contribution in [0.2, 0.25) is 0 Å². The Balaban J connectivity index is 1.41. The fourth-order valence-corrected chi connectivity index (χ4v) is 4.95. The molecule has 0 saturated carbocycles. The molecule has 36 heavy (non-hydrogen) atoms. The number of benzene rings is 1. The van der Waals surface area contributed by atoms with Crippen molar-refractivity contribution in [2.45, 2.75) is 44.7 Å². The van der Waals surface area contributed by atoms with E-state index in [1.165, 1.54) is 0 Å². The maximum Gasteiger partial charge on any atom is 0.242 e. The highest BCUT2D eigenvalue weighted by molar-refractivity contribution is 5.90. The SMILES string of the molecule is Nc1ccnc(N2CCC3(CC2)Cc2cn(nn2)CCCNC(=O)[C@H](Cc2ccccc2)NC3=O)n1. The molecule has 3 aromatic rings. The lowest BCUT2D eigenvalue weighted by atomic mass is 9.73. The second-order valence-corrected chi connectivity index (χ2v) is 9.56. The van der Waals surface area contributed by atoms with Gasteiger partial charge in [0.1, 0.15) is 11.9 Å². The fraction of sp³-hybridized carbons (Fsp3) is 0.440. The van der Waals surface area contributed by atoms with Gasteiger partial charge in [0.2, 0.25) is 17.8 Å². The third-order valence-electron chi connectivity index (χ3n) is 7.02. The van der Waals surface area contributed by atoms with E-state index >= 15 is 0 Å². The summed E-state index contributed by atoms with van der Waals surface area (Å²) in [5.74, 6) is 0.653. The first-order chi connectivity index (χ1) is 17.5. The van der Waals surface area contributed by atoms with Crippen molar-refractivity contribution in [1.82, 2.24) is 35.6 Å². The molecule has 11 heteroatoms. The number of nitrogens with one attached hydrogen (secondary N) is 2. The van der Waals surface area contributed by atoms with Crippen LogP contribution in [0.25, 0.3) is 0 Å². The number of nitrogens with two attached hydrogens (primary N) is 1. The molecule has 2 aliphatic rings. The third-order valence-corrected chi connectivity index (χ3v) is 7.02. The Hall–Kier alpha value is -4.02. The van der Waals surface area contributed by atoms with Crippen molar-refractivity contribution in [3.8, 4) is 0 Å². The van der Waals surface area contributed by atoms with Gasteiger partial charge in [0.05, 0.1) is 11.1 Å². The number of hydrogen-bond donors (Lipinski definition) is 3. The van der Waals surface area contributed by atoms with Gasteiger partial charge in [-0.2, -0.15) is 4.98 Å². The molecule has 2 bridgehead atoms. The van der Waals surface area contributed by atoms with Crippen LogP contribution in [0.4, 0.5) is 11.8 Å². The monoisotopic (exact) mass is 489 g/mol. The second kappa shape index (κ2) is 10.3. The van der Waals surface area contributed by atoms with Crippen molar-refractivity contribution >= 4 is 23.6 Å². The molecule has 2 amide bonds. The highest BCUT2D eigenvalue weighted by atomic mass is 16.2. The van der Waals surface area contributed by atoms with Gasteiger partial charge in [-0.1, -0.05) is 35.5 Å². The molecule has 0 radical (unpaired) electrons. The highest BCUT2D eigenvalue weighted by Crippen LogP contribution is 2.36. The zero-order chi connectivity index (χ0) is 25.0. The number of nitrogen functional groups attached to an aromatic ring is 1. The number of rotatable bonds is 3. The normalized spacial score (nSPS) is 20.6. The van der Waals surface area contributed by atoms with Gasteiger partial charge in [0, 0.05) is 51.4 Å². The van der Waals surface area contributed by atoms with E-state index in [4.69, 9.17) is 5.73 Å². The predicted molar refractivity (Wildman–Crippen MR) is 134 cm³/mol. The number of hydrogen-bond acceptors (Lipinski definition) is 8. The molecule has 5 rings (SSSR count). The van der Waals surface area contributed by atoms with E-state index in [9.17, 15) is 9.59 Å². The summed E-state index contributed by atoms with van der Waals surface area (Å²) in [7, 11) is 0. The number of carbonyl (C=O) groups is 2. The first-order valence-electron chi connectivity index (χ1n) is 12.4. The largest absolute Gasteiger partial charge is 0.384 e.